The Balaban J connectivity index is 2.05. The summed E-state index contributed by atoms with van der Waals surface area (Å²) in [4.78, 5) is 0. The van der Waals surface area contributed by atoms with Gasteiger partial charge in [0.15, 0.2) is 0 Å². The molecule has 6 heteroatoms. The SMILES string of the molecule is COc1ccc(-c2cc(Br)c(-c3ccc(OC)cc3F)[se]2)c(F)c1. The van der Waals surface area contributed by atoms with Crippen LogP contribution in [0.15, 0.2) is 46.9 Å². The van der Waals surface area contributed by atoms with E-state index in [4.69, 9.17) is 9.47 Å². The molecule has 0 saturated heterocycles. The molecule has 0 aliphatic rings. The van der Waals surface area contributed by atoms with Crippen LogP contribution in [0.25, 0.3) is 20.0 Å². The van der Waals surface area contributed by atoms with E-state index >= 15 is 0 Å². The topological polar surface area (TPSA) is 18.5 Å². The normalized spacial score (nSPS) is 10.7. The fourth-order valence-electron chi connectivity index (χ4n) is 2.31. The van der Waals surface area contributed by atoms with Crippen LogP contribution in [-0.2, 0) is 0 Å². The van der Waals surface area contributed by atoms with Crippen LogP contribution in [0.5, 0.6) is 11.5 Å². The van der Waals surface area contributed by atoms with Gasteiger partial charge in [-0.2, -0.15) is 0 Å². The van der Waals surface area contributed by atoms with E-state index in [-0.39, 0.29) is 26.1 Å². The summed E-state index contributed by atoms with van der Waals surface area (Å²) >= 11 is 3.26. The van der Waals surface area contributed by atoms with Crippen molar-refractivity contribution in [1.82, 2.24) is 0 Å². The van der Waals surface area contributed by atoms with Gasteiger partial charge < -0.3 is 0 Å². The summed E-state index contributed by atoms with van der Waals surface area (Å²) in [5, 5.41) is 0. The fourth-order valence-corrected chi connectivity index (χ4v) is 5.84. The van der Waals surface area contributed by atoms with E-state index in [0.29, 0.717) is 22.6 Å². The number of hydrogen-bond acceptors (Lipinski definition) is 2. The second-order valence-electron chi connectivity index (χ2n) is 4.98. The molecular weight excluding hydrogens is 445 g/mol. The Labute approximate surface area is 152 Å². The van der Waals surface area contributed by atoms with Crippen molar-refractivity contribution in [2.75, 3.05) is 14.2 Å². The van der Waals surface area contributed by atoms with E-state index in [0.717, 1.165) is 13.3 Å². The number of benzene rings is 2. The first-order valence-corrected chi connectivity index (χ1v) is 9.51. The van der Waals surface area contributed by atoms with E-state index in [9.17, 15) is 8.78 Å². The van der Waals surface area contributed by atoms with E-state index in [1.54, 1.807) is 24.3 Å². The number of hydrogen-bond donors (Lipinski definition) is 0. The third-order valence-electron chi connectivity index (χ3n) is 3.55. The molecular formula is C18H13BrF2O2Se. The van der Waals surface area contributed by atoms with Crippen LogP contribution in [-0.4, -0.2) is 28.7 Å². The maximum absolute atomic E-state index is 14.3. The van der Waals surface area contributed by atoms with Crippen LogP contribution in [0.2, 0.25) is 0 Å². The predicted molar refractivity (Wildman–Crippen MR) is 95.0 cm³/mol. The quantitative estimate of drug-likeness (QED) is 0.505. The zero-order chi connectivity index (χ0) is 17.3. The van der Waals surface area contributed by atoms with Crippen LogP contribution in [0.4, 0.5) is 8.78 Å². The van der Waals surface area contributed by atoms with Crippen LogP contribution < -0.4 is 9.47 Å². The van der Waals surface area contributed by atoms with Gasteiger partial charge in [-0.05, 0) is 0 Å². The summed E-state index contributed by atoms with van der Waals surface area (Å²) in [5.41, 5.74) is 1.01. The predicted octanol–water partition coefficient (Wildman–Crippen LogP) is 5.14. The second kappa shape index (κ2) is 7.09. The average Bonchev–Trinajstić information content (AvgIpc) is 2.95. The van der Waals surface area contributed by atoms with E-state index in [1.165, 1.54) is 26.4 Å². The summed E-state index contributed by atoms with van der Waals surface area (Å²) in [6.45, 7) is 0. The third kappa shape index (κ3) is 3.27. The minimum atomic E-state index is -0.354. The zero-order valence-corrected chi connectivity index (χ0v) is 16.2. The van der Waals surface area contributed by atoms with Gasteiger partial charge in [0.05, 0.1) is 0 Å². The molecule has 0 spiro atoms. The van der Waals surface area contributed by atoms with Crippen LogP contribution >= 0.6 is 15.9 Å². The molecule has 0 atom stereocenters. The van der Waals surface area contributed by atoms with Crippen LogP contribution in [0.3, 0.4) is 0 Å². The number of rotatable bonds is 4. The summed E-state index contributed by atoms with van der Waals surface area (Å²) in [6, 6.07) is 11.4. The number of halogens is 3. The van der Waals surface area contributed by atoms with Crippen molar-refractivity contribution < 1.29 is 18.3 Å². The molecule has 0 saturated carbocycles. The summed E-state index contributed by atoms with van der Waals surface area (Å²) in [7, 11) is 2.99. The van der Waals surface area contributed by atoms with E-state index in [2.05, 4.69) is 15.9 Å². The molecule has 1 aromatic heterocycles. The number of ether oxygens (including phenoxy) is 2. The monoisotopic (exact) mass is 458 g/mol. The first-order valence-electron chi connectivity index (χ1n) is 7.00. The summed E-state index contributed by atoms with van der Waals surface area (Å²) in [5.74, 6) is 0.232. The van der Waals surface area contributed by atoms with Crippen molar-refractivity contribution in [3.05, 3.63) is 58.6 Å². The number of methoxy groups -OCH3 is 2. The van der Waals surface area contributed by atoms with Crippen LogP contribution in [0, 0.1) is 11.6 Å². The van der Waals surface area contributed by atoms with Crippen molar-refractivity contribution in [2.24, 2.45) is 0 Å². The first-order chi connectivity index (χ1) is 11.5. The molecule has 3 aromatic rings. The molecule has 24 heavy (non-hydrogen) atoms. The van der Waals surface area contributed by atoms with Crippen molar-refractivity contribution in [3.8, 4) is 31.5 Å². The van der Waals surface area contributed by atoms with Gasteiger partial charge in [-0.1, -0.05) is 0 Å². The van der Waals surface area contributed by atoms with Gasteiger partial charge in [0.25, 0.3) is 0 Å². The van der Waals surface area contributed by atoms with Gasteiger partial charge in [0.2, 0.25) is 0 Å². The molecule has 0 N–H and O–H groups in total. The van der Waals surface area contributed by atoms with Gasteiger partial charge in [-0.3, -0.25) is 0 Å². The van der Waals surface area contributed by atoms with Gasteiger partial charge in [-0.15, -0.1) is 0 Å². The molecule has 0 amide bonds. The second-order valence-corrected chi connectivity index (χ2v) is 8.04. The molecule has 2 aromatic carbocycles. The molecule has 2 nitrogen and oxygen atoms in total. The molecule has 124 valence electrons. The molecule has 0 fully saturated rings. The molecule has 0 radical (unpaired) electrons. The molecule has 1 heterocycles. The average molecular weight is 458 g/mol. The Bertz CT molecular complexity index is 893. The van der Waals surface area contributed by atoms with E-state index < -0.39 is 0 Å². The Morgan fingerprint density at radius 3 is 1.88 bits per heavy atom. The molecule has 0 aliphatic carbocycles. The van der Waals surface area contributed by atoms with Crippen molar-refractivity contribution in [1.29, 1.82) is 0 Å². The fraction of sp³-hybridized carbons (Fsp3) is 0.111. The van der Waals surface area contributed by atoms with E-state index in [1.807, 2.05) is 6.07 Å². The summed E-state index contributed by atoms with van der Waals surface area (Å²) < 4.78 is 41.1. The Hall–Kier alpha value is -1.62. The van der Waals surface area contributed by atoms with Gasteiger partial charge in [0, 0.05) is 0 Å². The molecule has 0 unspecified atom stereocenters. The van der Waals surface area contributed by atoms with Crippen molar-refractivity contribution >= 4 is 30.4 Å². The zero-order valence-electron chi connectivity index (χ0n) is 12.9. The van der Waals surface area contributed by atoms with Crippen LogP contribution in [0.1, 0.15) is 0 Å². The third-order valence-corrected chi connectivity index (χ3v) is 7.29. The molecule has 3 rings (SSSR count). The maximum atomic E-state index is 14.3. The van der Waals surface area contributed by atoms with Crippen molar-refractivity contribution in [3.63, 3.8) is 0 Å². The summed E-state index contributed by atoms with van der Waals surface area (Å²) in [6.07, 6.45) is 0. The van der Waals surface area contributed by atoms with Gasteiger partial charge in [-0.25, -0.2) is 0 Å². The molecule has 0 aliphatic heterocycles. The first kappa shape index (κ1) is 17.2. The Morgan fingerprint density at radius 1 is 0.833 bits per heavy atom. The molecule has 0 bridgehead atoms. The van der Waals surface area contributed by atoms with Crippen molar-refractivity contribution in [2.45, 2.75) is 0 Å². The van der Waals surface area contributed by atoms with Gasteiger partial charge >= 0.3 is 153 Å². The van der Waals surface area contributed by atoms with Gasteiger partial charge in [0.1, 0.15) is 0 Å². The standard InChI is InChI=1S/C18H13BrF2O2Se/c1-22-10-3-5-12(15(20)7-10)17-9-14(19)18(24-17)13-6-4-11(23-2)8-16(13)21/h3-9H,1-2H3. The Kier molecular flexibility index (Phi) is 5.09. The minimum absolute atomic E-state index is 0.219. The Morgan fingerprint density at radius 2 is 1.38 bits per heavy atom.